The van der Waals surface area contributed by atoms with Crippen molar-refractivity contribution in [3.8, 4) is 5.75 Å². The summed E-state index contributed by atoms with van der Waals surface area (Å²) < 4.78 is 5.64. The maximum Gasteiger partial charge on any atom is 0.260 e. The van der Waals surface area contributed by atoms with E-state index in [1.54, 1.807) is 24.3 Å². The summed E-state index contributed by atoms with van der Waals surface area (Å²) >= 11 is 0. The Kier molecular flexibility index (Phi) is 9.96. The second kappa shape index (κ2) is 11.7. The zero-order valence-corrected chi connectivity index (χ0v) is 17.0. The third kappa shape index (κ3) is 7.56. The van der Waals surface area contributed by atoms with E-state index in [2.05, 4.69) is 32.6 Å². The van der Waals surface area contributed by atoms with Gasteiger partial charge in [0.15, 0.2) is 12.4 Å². The van der Waals surface area contributed by atoms with Crippen LogP contribution in [0.1, 0.15) is 51.4 Å². The van der Waals surface area contributed by atoms with Gasteiger partial charge in [-0.15, -0.1) is 0 Å². The molecule has 5 nitrogen and oxygen atoms in total. The lowest BCUT2D eigenvalue weighted by Crippen LogP contribution is -2.42. The van der Waals surface area contributed by atoms with E-state index >= 15 is 0 Å². The van der Waals surface area contributed by atoms with Gasteiger partial charge in [-0.25, -0.2) is 0 Å². The van der Waals surface area contributed by atoms with Gasteiger partial charge in [-0.3, -0.25) is 9.59 Å². The number of benzene rings is 1. The van der Waals surface area contributed by atoms with E-state index in [-0.39, 0.29) is 18.3 Å². The summed E-state index contributed by atoms with van der Waals surface area (Å²) in [7, 11) is 0. The molecule has 26 heavy (non-hydrogen) atoms. The Bertz CT molecular complexity index is 551. The van der Waals surface area contributed by atoms with Crippen molar-refractivity contribution in [1.82, 2.24) is 9.80 Å². The lowest BCUT2D eigenvalue weighted by atomic mass is 10.1. The molecule has 0 radical (unpaired) electrons. The number of carbonyl (C=O) groups is 2. The number of hydrogen-bond donors (Lipinski definition) is 0. The molecular weight excluding hydrogens is 328 g/mol. The van der Waals surface area contributed by atoms with Crippen molar-refractivity contribution in [3.05, 3.63) is 29.8 Å². The van der Waals surface area contributed by atoms with Crippen LogP contribution in [0.5, 0.6) is 5.75 Å². The number of Topliss-reactive ketones (excluding diaryl/α,β-unsaturated/α-hetero) is 1. The van der Waals surface area contributed by atoms with Crippen LogP contribution < -0.4 is 4.74 Å². The highest BCUT2D eigenvalue weighted by molar-refractivity contribution is 5.95. The normalized spacial score (nSPS) is 11.0. The number of ketones is 1. The third-order valence-electron chi connectivity index (χ3n) is 4.38. The molecule has 0 saturated heterocycles. The van der Waals surface area contributed by atoms with E-state index in [1.807, 2.05) is 11.8 Å². The highest BCUT2D eigenvalue weighted by Gasteiger charge is 2.16. The minimum atomic E-state index is -0.000401. The van der Waals surface area contributed by atoms with Crippen LogP contribution in [0.4, 0.5) is 0 Å². The van der Waals surface area contributed by atoms with Crippen LogP contribution in [-0.4, -0.2) is 60.8 Å². The molecule has 0 aliphatic rings. The predicted molar refractivity (Wildman–Crippen MR) is 106 cm³/mol. The van der Waals surface area contributed by atoms with E-state index in [9.17, 15) is 9.59 Å². The smallest absolute Gasteiger partial charge is 0.260 e. The average molecular weight is 363 g/mol. The molecule has 1 amide bonds. The second-order valence-corrected chi connectivity index (χ2v) is 6.85. The number of amides is 1. The van der Waals surface area contributed by atoms with Crippen molar-refractivity contribution >= 4 is 11.7 Å². The van der Waals surface area contributed by atoms with E-state index in [1.165, 1.54) is 0 Å². The monoisotopic (exact) mass is 362 g/mol. The zero-order chi connectivity index (χ0) is 19.5. The van der Waals surface area contributed by atoms with Gasteiger partial charge in [-0.2, -0.15) is 0 Å². The minimum absolute atomic E-state index is 0.000401. The van der Waals surface area contributed by atoms with Crippen molar-refractivity contribution in [3.63, 3.8) is 0 Å². The van der Waals surface area contributed by atoms with Gasteiger partial charge in [-0.1, -0.05) is 34.6 Å². The SMILES string of the molecule is CCC(=O)c1ccc(OCC(=O)N(CCN(CC)CC)CC(C)C)cc1. The first-order chi connectivity index (χ1) is 12.4. The minimum Gasteiger partial charge on any atom is -0.484 e. The molecule has 0 aliphatic carbocycles. The average Bonchev–Trinajstić information content (AvgIpc) is 2.65. The first-order valence-electron chi connectivity index (χ1n) is 9.67. The van der Waals surface area contributed by atoms with Crippen LogP contribution in [0, 0.1) is 5.92 Å². The van der Waals surface area contributed by atoms with E-state index < -0.39 is 0 Å². The zero-order valence-electron chi connectivity index (χ0n) is 17.0. The number of likely N-dealkylation sites (N-methyl/N-ethyl adjacent to an activating group) is 1. The molecule has 146 valence electrons. The van der Waals surface area contributed by atoms with Gasteiger partial charge in [0.1, 0.15) is 5.75 Å². The van der Waals surface area contributed by atoms with Gasteiger partial charge in [-0.05, 0) is 43.3 Å². The number of carbonyl (C=O) groups excluding carboxylic acids is 2. The molecule has 0 fully saturated rings. The lowest BCUT2D eigenvalue weighted by Gasteiger charge is -2.28. The summed E-state index contributed by atoms with van der Waals surface area (Å²) in [6.07, 6.45) is 0.482. The van der Waals surface area contributed by atoms with Crippen LogP contribution in [0.15, 0.2) is 24.3 Å². The van der Waals surface area contributed by atoms with Crippen LogP contribution >= 0.6 is 0 Å². The molecule has 1 aromatic carbocycles. The van der Waals surface area contributed by atoms with Gasteiger partial charge >= 0.3 is 0 Å². The highest BCUT2D eigenvalue weighted by atomic mass is 16.5. The fourth-order valence-electron chi connectivity index (χ4n) is 2.74. The molecule has 0 aromatic heterocycles. The molecule has 5 heteroatoms. The van der Waals surface area contributed by atoms with Crippen LogP contribution in [0.2, 0.25) is 0 Å². The first kappa shape index (κ1) is 22.2. The van der Waals surface area contributed by atoms with Crippen molar-refractivity contribution < 1.29 is 14.3 Å². The topological polar surface area (TPSA) is 49.9 Å². The summed E-state index contributed by atoms with van der Waals surface area (Å²) in [6.45, 7) is 14.6. The summed E-state index contributed by atoms with van der Waals surface area (Å²) in [4.78, 5) is 28.4. The van der Waals surface area contributed by atoms with Crippen LogP contribution in [0.25, 0.3) is 0 Å². The molecule has 0 saturated carbocycles. The summed E-state index contributed by atoms with van der Waals surface area (Å²) in [6, 6.07) is 6.99. The highest BCUT2D eigenvalue weighted by Crippen LogP contribution is 2.14. The Morgan fingerprint density at radius 1 is 1.00 bits per heavy atom. The van der Waals surface area contributed by atoms with Gasteiger partial charge in [0, 0.05) is 31.6 Å². The first-order valence-corrected chi connectivity index (χ1v) is 9.67. The van der Waals surface area contributed by atoms with Crippen molar-refractivity contribution in [1.29, 1.82) is 0 Å². The summed E-state index contributed by atoms with van der Waals surface area (Å²) in [5, 5.41) is 0. The fourth-order valence-corrected chi connectivity index (χ4v) is 2.74. The number of rotatable bonds is 12. The quantitative estimate of drug-likeness (QED) is 0.534. The van der Waals surface area contributed by atoms with Gasteiger partial charge < -0.3 is 14.5 Å². The Morgan fingerprint density at radius 2 is 1.62 bits per heavy atom. The van der Waals surface area contributed by atoms with Crippen molar-refractivity contribution in [2.45, 2.75) is 41.0 Å². The molecule has 0 bridgehead atoms. The molecule has 0 aliphatic heterocycles. The molecule has 1 aromatic rings. The molecular formula is C21H34N2O3. The molecule has 1 rings (SSSR count). The molecule has 0 heterocycles. The second-order valence-electron chi connectivity index (χ2n) is 6.85. The number of nitrogens with zero attached hydrogens (tertiary/aromatic N) is 2. The number of hydrogen-bond acceptors (Lipinski definition) is 4. The van der Waals surface area contributed by atoms with E-state index in [0.29, 0.717) is 30.2 Å². The Morgan fingerprint density at radius 3 is 2.12 bits per heavy atom. The van der Waals surface area contributed by atoms with Gasteiger partial charge in [0.2, 0.25) is 0 Å². The largest absolute Gasteiger partial charge is 0.484 e. The molecule has 0 atom stereocenters. The fraction of sp³-hybridized carbons (Fsp3) is 0.619. The predicted octanol–water partition coefficient (Wildman–Crippen LogP) is 3.48. The Balaban J connectivity index is 2.60. The van der Waals surface area contributed by atoms with Crippen LogP contribution in [-0.2, 0) is 4.79 Å². The lowest BCUT2D eigenvalue weighted by molar-refractivity contribution is -0.134. The van der Waals surface area contributed by atoms with Gasteiger partial charge in [0.05, 0.1) is 0 Å². The Hall–Kier alpha value is -1.88. The molecule has 0 unspecified atom stereocenters. The number of ether oxygens (including phenoxy) is 1. The molecule has 0 spiro atoms. The Labute approximate surface area is 158 Å². The third-order valence-corrected chi connectivity index (χ3v) is 4.38. The van der Waals surface area contributed by atoms with Gasteiger partial charge in [0.25, 0.3) is 5.91 Å². The maximum atomic E-state index is 12.6. The maximum absolute atomic E-state index is 12.6. The standard InChI is InChI=1S/C21H34N2O3/c1-6-20(24)18-9-11-19(12-10-18)26-16-21(25)23(15-17(4)5)14-13-22(7-2)8-3/h9-12,17H,6-8,13-16H2,1-5H3. The van der Waals surface area contributed by atoms with Crippen molar-refractivity contribution in [2.24, 2.45) is 5.92 Å². The molecule has 0 N–H and O–H groups in total. The van der Waals surface area contributed by atoms with E-state index in [0.717, 1.165) is 26.2 Å². The summed E-state index contributed by atoms with van der Waals surface area (Å²) in [5.74, 6) is 1.13. The van der Waals surface area contributed by atoms with Crippen LogP contribution in [0.3, 0.4) is 0 Å². The van der Waals surface area contributed by atoms with E-state index in [4.69, 9.17) is 4.74 Å². The summed E-state index contributed by atoms with van der Waals surface area (Å²) in [5.41, 5.74) is 0.673. The van der Waals surface area contributed by atoms with Crippen molar-refractivity contribution in [2.75, 3.05) is 39.3 Å².